The Morgan fingerprint density at radius 3 is 2.47 bits per heavy atom. The number of nitrogens with one attached hydrogen (secondary N) is 1. The topological polar surface area (TPSA) is 130 Å². The highest BCUT2D eigenvalue weighted by atomic mass is 32.2. The van der Waals surface area contributed by atoms with Crippen molar-refractivity contribution >= 4 is 27.4 Å². The summed E-state index contributed by atoms with van der Waals surface area (Å²) in [6, 6.07) is 11.1. The molecule has 182 valence electrons. The highest BCUT2D eigenvalue weighted by Crippen LogP contribution is 2.31. The van der Waals surface area contributed by atoms with Crippen LogP contribution in [0.1, 0.15) is 34.8 Å². The Morgan fingerprint density at radius 2 is 1.88 bits per heavy atom. The number of nitrogens with two attached hydrogens (primary N) is 1. The molecule has 3 rings (SSSR count). The minimum atomic E-state index is -3.99. The number of hydrogen-bond acceptors (Lipinski definition) is 9. The summed E-state index contributed by atoms with van der Waals surface area (Å²) < 4.78 is 38.4. The van der Waals surface area contributed by atoms with Crippen molar-refractivity contribution in [1.29, 1.82) is 0 Å². The molecule has 34 heavy (non-hydrogen) atoms. The molecule has 0 radical (unpaired) electrons. The third kappa shape index (κ3) is 6.11. The van der Waals surface area contributed by atoms with Gasteiger partial charge in [-0.05, 0) is 36.6 Å². The Hall–Kier alpha value is -2.99. The largest absolute Gasteiger partial charge is 0.493 e. The third-order valence-electron chi connectivity index (χ3n) is 5.18. The van der Waals surface area contributed by atoms with Crippen molar-refractivity contribution in [2.75, 3.05) is 14.2 Å². The van der Waals surface area contributed by atoms with Gasteiger partial charge in [-0.2, -0.15) is 18.6 Å². The number of rotatable bonds is 11. The van der Waals surface area contributed by atoms with E-state index >= 15 is 0 Å². The van der Waals surface area contributed by atoms with Gasteiger partial charge < -0.3 is 14.8 Å². The van der Waals surface area contributed by atoms with Crippen LogP contribution in [0.3, 0.4) is 0 Å². The molecular formula is C23H27N3O6S2. The molecule has 1 atom stereocenters. The van der Waals surface area contributed by atoms with Crippen LogP contribution in [0.4, 0.5) is 0 Å². The monoisotopic (exact) mass is 505 g/mol. The van der Waals surface area contributed by atoms with Crippen LogP contribution in [-0.4, -0.2) is 33.5 Å². The lowest BCUT2D eigenvalue weighted by molar-refractivity contribution is -0.121. The molecule has 0 unspecified atom stereocenters. The molecular weight excluding hydrogens is 478 g/mol. The molecule has 1 amide bonds. The highest BCUT2D eigenvalue weighted by Gasteiger charge is 2.21. The van der Waals surface area contributed by atoms with Crippen LogP contribution in [0.15, 0.2) is 52.7 Å². The SMILES string of the molecule is CCc1csc([C@H](Cc2ccc(S(=O)(=O)ON)cc2)NC(=O)Cc2cccc(OC)c2OC)n1. The molecule has 11 heteroatoms. The number of para-hydroxylation sites is 1. The molecule has 0 aliphatic carbocycles. The van der Waals surface area contributed by atoms with Crippen molar-refractivity contribution in [2.45, 2.75) is 37.1 Å². The van der Waals surface area contributed by atoms with E-state index in [0.29, 0.717) is 23.5 Å². The Bertz CT molecular complexity index is 1230. The van der Waals surface area contributed by atoms with E-state index < -0.39 is 16.2 Å². The van der Waals surface area contributed by atoms with E-state index in [1.54, 1.807) is 31.4 Å². The van der Waals surface area contributed by atoms with Crippen molar-refractivity contribution in [1.82, 2.24) is 10.3 Å². The molecule has 0 spiro atoms. The van der Waals surface area contributed by atoms with Gasteiger partial charge in [0.1, 0.15) is 5.01 Å². The van der Waals surface area contributed by atoms with Gasteiger partial charge in [0.25, 0.3) is 0 Å². The molecule has 3 aromatic rings. The summed E-state index contributed by atoms with van der Waals surface area (Å²) in [6.45, 7) is 2.01. The number of hydrogen-bond donors (Lipinski definition) is 2. The van der Waals surface area contributed by atoms with Gasteiger partial charge in [0, 0.05) is 10.9 Å². The second-order valence-electron chi connectivity index (χ2n) is 7.38. The van der Waals surface area contributed by atoms with Crippen LogP contribution in [0, 0.1) is 0 Å². The average Bonchev–Trinajstić information content (AvgIpc) is 3.33. The zero-order valence-corrected chi connectivity index (χ0v) is 20.7. The van der Waals surface area contributed by atoms with Crippen LogP contribution in [0.5, 0.6) is 11.5 Å². The maximum atomic E-state index is 13.0. The summed E-state index contributed by atoms with van der Waals surface area (Å²) in [5.74, 6) is 5.70. The Balaban J connectivity index is 1.82. The molecule has 0 bridgehead atoms. The van der Waals surface area contributed by atoms with Gasteiger partial charge in [-0.15, -0.1) is 11.3 Å². The number of benzene rings is 2. The van der Waals surface area contributed by atoms with Gasteiger partial charge in [-0.3, -0.25) is 4.79 Å². The van der Waals surface area contributed by atoms with Crippen molar-refractivity contribution in [2.24, 2.45) is 5.90 Å². The van der Waals surface area contributed by atoms with Crippen LogP contribution >= 0.6 is 11.3 Å². The zero-order chi connectivity index (χ0) is 24.7. The average molecular weight is 506 g/mol. The number of methoxy groups -OCH3 is 2. The van der Waals surface area contributed by atoms with Gasteiger partial charge in [0.05, 0.1) is 37.3 Å². The van der Waals surface area contributed by atoms with Crippen LogP contribution in [0.2, 0.25) is 0 Å². The summed E-state index contributed by atoms with van der Waals surface area (Å²) in [5, 5.41) is 5.80. The van der Waals surface area contributed by atoms with Gasteiger partial charge in [-0.1, -0.05) is 31.2 Å². The number of ether oxygens (including phenoxy) is 2. The predicted octanol–water partition coefficient (Wildman–Crippen LogP) is 2.94. The van der Waals surface area contributed by atoms with Crippen molar-refractivity contribution in [3.05, 3.63) is 69.7 Å². The second kappa shape index (κ2) is 11.4. The predicted molar refractivity (Wildman–Crippen MR) is 128 cm³/mol. The van der Waals surface area contributed by atoms with Crippen LogP contribution in [0.25, 0.3) is 0 Å². The first kappa shape index (κ1) is 25.6. The van der Waals surface area contributed by atoms with E-state index in [1.165, 1.54) is 30.6 Å². The molecule has 1 aromatic heterocycles. The fourth-order valence-electron chi connectivity index (χ4n) is 3.44. The van der Waals surface area contributed by atoms with Crippen molar-refractivity contribution in [3.63, 3.8) is 0 Å². The first-order chi connectivity index (χ1) is 16.3. The lowest BCUT2D eigenvalue weighted by atomic mass is 10.1. The minimum absolute atomic E-state index is 0.0491. The number of aryl methyl sites for hydroxylation is 1. The van der Waals surface area contributed by atoms with E-state index in [2.05, 4.69) is 14.6 Å². The molecule has 0 saturated heterocycles. The molecule has 0 aliphatic heterocycles. The van der Waals surface area contributed by atoms with E-state index in [9.17, 15) is 13.2 Å². The fraction of sp³-hybridized carbons (Fsp3) is 0.304. The summed E-state index contributed by atoms with van der Waals surface area (Å²) >= 11 is 1.47. The van der Waals surface area contributed by atoms with Gasteiger partial charge in [-0.25, -0.2) is 4.98 Å². The lowest BCUT2D eigenvalue weighted by Gasteiger charge is -2.18. The number of carbonyl (C=O) groups excluding carboxylic acids is 1. The van der Waals surface area contributed by atoms with E-state index in [0.717, 1.165) is 22.7 Å². The highest BCUT2D eigenvalue weighted by molar-refractivity contribution is 7.86. The normalized spacial score (nSPS) is 12.2. The number of carbonyl (C=O) groups is 1. The molecule has 1 heterocycles. The summed E-state index contributed by atoms with van der Waals surface area (Å²) in [5.41, 5.74) is 2.45. The van der Waals surface area contributed by atoms with Crippen LogP contribution < -0.4 is 20.7 Å². The number of nitrogens with zero attached hydrogens (tertiary/aromatic N) is 1. The second-order valence-corrected chi connectivity index (χ2v) is 9.84. The van der Waals surface area contributed by atoms with Gasteiger partial charge in [0.2, 0.25) is 5.91 Å². The quantitative estimate of drug-likeness (QED) is 0.381. The van der Waals surface area contributed by atoms with Crippen LogP contribution in [-0.2, 0) is 38.5 Å². The van der Waals surface area contributed by atoms with E-state index in [-0.39, 0.29) is 17.2 Å². The molecule has 3 N–H and O–H groups in total. The lowest BCUT2D eigenvalue weighted by Crippen LogP contribution is -2.31. The Morgan fingerprint density at radius 1 is 1.15 bits per heavy atom. The minimum Gasteiger partial charge on any atom is -0.493 e. The molecule has 0 saturated carbocycles. The number of amides is 1. The van der Waals surface area contributed by atoms with E-state index in [1.807, 2.05) is 18.4 Å². The maximum Gasteiger partial charge on any atom is 0.312 e. The Kier molecular flexibility index (Phi) is 8.61. The number of aromatic nitrogens is 1. The van der Waals surface area contributed by atoms with Gasteiger partial charge in [0.15, 0.2) is 11.5 Å². The fourth-order valence-corrected chi connectivity index (χ4v) is 4.97. The molecule has 0 fully saturated rings. The van der Waals surface area contributed by atoms with E-state index in [4.69, 9.17) is 15.4 Å². The summed E-state index contributed by atoms with van der Waals surface area (Å²) in [6.07, 6.45) is 1.29. The first-order valence-corrected chi connectivity index (χ1v) is 12.8. The Labute approximate surface area is 203 Å². The van der Waals surface area contributed by atoms with Crippen molar-refractivity contribution in [3.8, 4) is 11.5 Å². The van der Waals surface area contributed by atoms with Gasteiger partial charge >= 0.3 is 10.1 Å². The van der Waals surface area contributed by atoms with Crippen molar-refractivity contribution < 1.29 is 27.0 Å². The molecule has 0 aliphatic rings. The first-order valence-electron chi connectivity index (χ1n) is 10.5. The smallest absolute Gasteiger partial charge is 0.312 e. The zero-order valence-electron chi connectivity index (χ0n) is 19.1. The standard InChI is InChI=1S/C23H27N3O6S2/c1-4-17-14-33-23(25-17)19(12-15-8-10-18(11-9-15)34(28,29)32-24)26-21(27)13-16-6-5-7-20(30-2)22(16)31-3/h5-11,14,19H,4,12-13,24H2,1-3H3,(H,26,27)/t19-/m0/s1. The third-order valence-corrected chi connectivity index (χ3v) is 7.29. The summed E-state index contributed by atoms with van der Waals surface area (Å²) in [4.78, 5) is 17.6. The molecule has 2 aromatic carbocycles. The molecule has 9 nitrogen and oxygen atoms in total. The number of thiazole rings is 1. The summed E-state index contributed by atoms with van der Waals surface area (Å²) in [7, 11) is -0.911. The maximum absolute atomic E-state index is 13.0.